The van der Waals surface area contributed by atoms with E-state index in [0.29, 0.717) is 12.0 Å². The second-order valence-electron chi connectivity index (χ2n) is 4.92. The van der Waals surface area contributed by atoms with Crippen LogP contribution >= 0.6 is 0 Å². The molecule has 0 bridgehead atoms. The van der Waals surface area contributed by atoms with Crippen LogP contribution in [0.2, 0.25) is 0 Å². The highest BCUT2D eigenvalue weighted by Crippen LogP contribution is 2.18. The molecule has 6 heteroatoms. The number of nitrogens with zero attached hydrogens (tertiary/aromatic N) is 1. The van der Waals surface area contributed by atoms with Gasteiger partial charge in [-0.1, -0.05) is 11.8 Å². The molecular formula is C13H18N2O3S. The first kappa shape index (κ1) is 15.5. The first-order chi connectivity index (χ1) is 8.76. The number of aliphatic hydroxyl groups is 1. The zero-order valence-electron chi connectivity index (χ0n) is 11.3. The third kappa shape index (κ3) is 4.54. The Labute approximate surface area is 114 Å². The zero-order chi connectivity index (χ0) is 14.5. The van der Waals surface area contributed by atoms with E-state index in [1.807, 2.05) is 0 Å². The maximum atomic E-state index is 12.0. The molecule has 1 aromatic heterocycles. The third-order valence-electron chi connectivity index (χ3n) is 2.27. The van der Waals surface area contributed by atoms with Gasteiger partial charge in [0, 0.05) is 18.2 Å². The number of hydrogen-bond acceptors (Lipinski definition) is 4. The minimum Gasteiger partial charge on any atom is -0.395 e. The van der Waals surface area contributed by atoms with Gasteiger partial charge >= 0.3 is 0 Å². The standard InChI is InChI=1S/C13H18N2O3S/c1-13(2,3)19(17,18)15-12-10-11(7-8-14-12)6-4-5-9-16/h7-8,10,16H,5,9H2,1-3H3,(H,14,15). The molecule has 104 valence electrons. The summed E-state index contributed by atoms with van der Waals surface area (Å²) in [5.74, 6) is 5.83. The minimum atomic E-state index is -3.49. The van der Waals surface area contributed by atoms with Crippen molar-refractivity contribution in [3.8, 4) is 11.8 Å². The monoisotopic (exact) mass is 282 g/mol. The molecule has 0 saturated carbocycles. The van der Waals surface area contributed by atoms with Crippen molar-refractivity contribution in [2.45, 2.75) is 31.9 Å². The van der Waals surface area contributed by atoms with Crippen molar-refractivity contribution in [2.75, 3.05) is 11.3 Å². The molecule has 1 rings (SSSR count). The average molecular weight is 282 g/mol. The van der Waals surface area contributed by atoms with Gasteiger partial charge in [0.1, 0.15) is 5.82 Å². The predicted molar refractivity (Wildman–Crippen MR) is 75.1 cm³/mol. The Balaban J connectivity index is 2.94. The molecule has 0 aliphatic heterocycles. The van der Waals surface area contributed by atoms with E-state index in [4.69, 9.17) is 5.11 Å². The van der Waals surface area contributed by atoms with Gasteiger partial charge in [0.2, 0.25) is 10.0 Å². The normalized spacial score (nSPS) is 11.6. The van der Waals surface area contributed by atoms with Crippen LogP contribution in [0.15, 0.2) is 18.3 Å². The second-order valence-corrected chi connectivity index (χ2v) is 7.36. The molecule has 1 aromatic rings. The van der Waals surface area contributed by atoms with Gasteiger partial charge in [0.05, 0.1) is 11.4 Å². The van der Waals surface area contributed by atoms with Crippen molar-refractivity contribution in [1.82, 2.24) is 4.98 Å². The molecule has 0 saturated heterocycles. The van der Waals surface area contributed by atoms with E-state index in [1.165, 1.54) is 6.20 Å². The molecule has 19 heavy (non-hydrogen) atoms. The van der Waals surface area contributed by atoms with E-state index in [2.05, 4.69) is 21.5 Å². The number of pyridine rings is 1. The van der Waals surface area contributed by atoms with Crippen molar-refractivity contribution >= 4 is 15.8 Å². The molecular weight excluding hydrogens is 264 g/mol. The van der Waals surface area contributed by atoms with E-state index in [9.17, 15) is 8.42 Å². The second kappa shape index (κ2) is 6.04. The summed E-state index contributed by atoms with van der Waals surface area (Å²) in [5.41, 5.74) is 0.648. The number of anilines is 1. The summed E-state index contributed by atoms with van der Waals surface area (Å²) in [6.45, 7) is 4.84. The number of aliphatic hydroxyl groups excluding tert-OH is 1. The van der Waals surface area contributed by atoms with Crippen LogP contribution in [0.5, 0.6) is 0 Å². The first-order valence-corrected chi connectivity index (χ1v) is 7.33. The lowest BCUT2D eigenvalue weighted by molar-refractivity contribution is 0.305. The summed E-state index contributed by atoms with van der Waals surface area (Å²) in [7, 11) is -3.49. The molecule has 1 heterocycles. The summed E-state index contributed by atoms with van der Waals surface area (Å²) in [6.07, 6.45) is 1.87. The summed E-state index contributed by atoms with van der Waals surface area (Å²) in [4.78, 5) is 3.96. The quantitative estimate of drug-likeness (QED) is 0.820. The summed E-state index contributed by atoms with van der Waals surface area (Å²) in [5, 5.41) is 8.63. The largest absolute Gasteiger partial charge is 0.395 e. The number of nitrogens with one attached hydrogen (secondary N) is 1. The predicted octanol–water partition coefficient (Wildman–Crippen LogP) is 1.36. The molecule has 0 fully saturated rings. The van der Waals surface area contributed by atoms with Crippen LogP contribution in [0.1, 0.15) is 32.8 Å². The van der Waals surface area contributed by atoms with Crippen LogP contribution in [0.25, 0.3) is 0 Å². The average Bonchev–Trinajstić information content (AvgIpc) is 2.27. The fourth-order valence-corrected chi connectivity index (χ4v) is 1.77. The Morgan fingerprint density at radius 1 is 1.42 bits per heavy atom. The van der Waals surface area contributed by atoms with Gasteiger partial charge in [0.25, 0.3) is 0 Å². The van der Waals surface area contributed by atoms with Crippen LogP contribution in [-0.4, -0.2) is 29.9 Å². The smallest absolute Gasteiger partial charge is 0.238 e. The fraction of sp³-hybridized carbons (Fsp3) is 0.462. The molecule has 0 amide bonds. The van der Waals surface area contributed by atoms with Crippen LogP contribution < -0.4 is 4.72 Å². The lowest BCUT2D eigenvalue weighted by Crippen LogP contribution is -2.33. The molecule has 0 unspecified atom stereocenters. The van der Waals surface area contributed by atoms with Crippen LogP contribution in [0.3, 0.4) is 0 Å². The topological polar surface area (TPSA) is 79.3 Å². The van der Waals surface area contributed by atoms with Crippen molar-refractivity contribution in [2.24, 2.45) is 0 Å². The molecule has 5 nitrogen and oxygen atoms in total. The molecule has 0 atom stereocenters. The summed E-state index contributed by atoms with van der Waals surface area (Å²) in [6, 6.07) is 3.24. The van der Waals surface area contributed by atoms with Gasteiger partial charge in [-0.2, -0.15) is 0 Å². The molecule has 0 aliphatic carbocycles. The molecule has 0 radical (unpaired) electrons. The highest BCUT2D eigenvalue weighted by molar-refractivity contribution is 7.94. The van der Waals surface area contributed by atoms with Gasteiger partial charge in [-0.3, -0.25) is 4.72 Å². The Hall–Kier alpha value is -1.58. The van der Waals surface area contributed by atoms with Gasteiger partial charge in [-0.25, -0.2) is 13.4 Å². The van der Waals surface area contributed by atoms with Crippen LogP contribution in [-0.2, 0) is 10.0 Å². The zero-order valence-corrected chi connectivity index (χ0v) is 12.1. The van der Waals surface area contributed by atoms with Crippen LogP contribution in [0, 0.1) is 11.8 Å². The minimum absolute atomic E-state index is 0.00158. The molecule has 0 spiro atoms. The molecule has 2 N–H and O–H groups in total. The van der Waals surface area contributed by atoms with Crippen molar-refractivity contribution in [3.05, 3.63) is 23.9 Å². The Bertz CT molecular complexity index is 592. The van der Waals surface area contributed by atoms with E-state index in [-0.39, 0.29) is 12.4 Å². The van der Waals surface area contributed by atoms with E-state index in [1.54, 1.807) is 32.9 Å². The maximum absolute atomic E-state index is 12.0. The van der Waals surface area contributed by atoms with E-state index >= 15 is 0 Å². The lowest BCUT2D eigenvalue weighted by Gasteiger charge is -2.19. The fourth-order valence-electron chi connectivity index (χ4n) is 1.08. The van der Waals surface area contributed by atoms with E-state index < -0.39 is 14.8 Å². The Kier molecular flexibility index (Phi) is 4.92. The van der Waals surface area contributed by atoms with Crippen molar-refractivity contribution in [3.63, 3.8) is 0 Å². The summed E-state index contributed by atoms with van der Waals surface area (Å²) >= 11 is 0. The number of sulfonamides is 1. The first-order valence-electron chi connectivity index (χ1n) is 5.84. The number of rotatable bonds is 3. The number of hydrogen-bond donors (Lipinski definition) is 2. The van der Waals surface area contributed by atoms with Crippen molar-refractivity contribution < 1.29 is 13.5 Å². The highest BCUT2D eigenvalue weighted by atomic mass is 32.2. The highest BCUT2D eigenvalue weighted by Gasteiger charge is 2.29. The Morgan fingerprint density at radius 2 is 2.11 bits per heavy atom. The molecule has 0 aromatic carbocycles. The maximum Gasteiger partial charge on any atom is 0.238 e. The third-order valence-corrected chi connectivity index (χ3v) is 4.36. The number of aromatic nitrogens is 1. The van der Waals surface area contributed by atoms with E-state index in [0.717, 1.165) is 0 Å². The van der Waals surface area contributed by atoms with Gasteiger partial charge < -0.3 is 5.11 Å². The van der Waals surface area contributed by atoms with Gasteiger partial charge in [0.15, 0.2) is 0 Å². The molecule has 0 aliphatic rings. The lowest BCUT2D eigenvalue weighted by atomic mass is 10.2. The summed E-state index contributed by atoms with van der Waals surface area (Å²) < 4.78 is 25.5. The van der Waals surface area contributed by atoms with Crippen molar-refractivity contribution in [1.29, 1.82) is 0 Å². The van der Waals surface area contributed by atoms with Gasteiger partial charge in [-0.05, 0) is 32.9 Å². The SMILES string of the molecule is CC(C)(C)S(=O)(=O)Nc1cc(C#CCCO)ccn1. The van der Waals surface area contributed by atoms with Crippen LogP contribution in [0.4, 0.5) is 5.82 Å². The van der Waals surface area contributed by atoms with Gasteiger partial charge in [-0.15, -0.1) is 0 Å². The Morgan fingerprint density at radius 3 is 2.68 bits per heavy atom.